The van der Waals surface area contributed by atoms with Gasteiger partial charge in [-0.05, 0) is 31.2 Å². The fourth-order valence-electron chi connectivity index (χ4n) is 1.74. The summed E-state index contributed by atoms with van der Waals surface area (Å²) in [5.74, 6) is 5.23. The highest BCUT2D eigenvalue weighted by molar-refractivity contribution is 7.92. The molecule has 5 heteroatoms. The molecule has 0 bridgehead atoms. The molecule has 0 amide bonds. The van der Waals surface area contributed by atoms with E-state index in [0.717, 1.165) is 5.56 Å². The number of sulfonamides is 1. The SMILES string of the molecule is Cc1ccc(S(=O)(=O)Nc2ccccc2C#CCO)cc1. The van der Waals surface area contributed by atoms with Gasteiger partial charge in [0.15, 0.2) is 0 Å². The highest BCUT2D eigenvalue weighted by atomic mass is 32.2. The molecule has 0 atom stereocenters. The van der Waals surface area contributed by atoms with E-state index in [1.54, 1.807) is 48.5 Å². The monoisotopic (exact) mass is 301 g/mol. The molecule has 108 valence electrons. The van der Waals surface area contributed by atoms with Gasteiger partial charge in [0, 0.05) is 5.56 Å². The maximum absolute atomic E-state index is 12.3. The number of anilines is 1. The van der Waals surface area contributed by atoms with E-state index >= 15 is 0 Å². The van der Waals surface area contributed by atoms with Gasteiger partial charge in [-0.2, -0.15) is 0 Å². The molecule has 2 N–H and O–H groups in total. The second-order valence-corrected chi connectivity index (χ2v) is 6.11. The summed E-state index contributed by atoms with van der Waals surface area (Å²) in [6.07, 6.45) is 0. The van der Waals surface area contributed by atoms with Gasteiger partial charge in [0.05, 0.1) is 10.6 Å². The van der Waals surface area contributed by atoms with E-state index in [4.69, 9.17) is 5.11 Å². The van der Waals surface area contributed by atoms with Crippen molar-refractivity contribution >= 4 is 15.7 Å². The molecule has 0 aliphatic heterocycles. The third-order valence-electron chi connectivity index (χ3n) is 2.80. The smallest absolute Gasteiger partial charge is 0.261 e. The largest absolute Gasteiger partial charge is 0.384 e. The van der Waals surface area contributed by atoms with Gasteiger partial charge in [-0.25, -0.2) is 8.42 Å². The Morgan fingerprint density at radius 2 is 1.76 bits per heavy atom. The Morgan fingerprint density at radius 3 is 2.43 bits per heavy atom. The number of aliphatic hydroxyl groups excluding tert-OH is 1. The highest BCUT2D eigenvalue weighted by Crippen LogP contribution is 2.19. The van der Waals surface area contributed by atoms with Crippen molar-refractivity contribution in [2.45, 2.75) is 11.8 Å². The summed E-state index contributed by atoms with van der Waals surface area (Å²) < 4.78 is 27.2. The Hall–Kier alpha value is -2.29. The van der Waals surface area contributed by atoms with Crippen molar-refractivity contribution in [3.05, 3.63) is 59.7 Å². The normalized spacial score (nSPS) is 10.6. The van der Waals surface area contributed by atoms with Crippen LogP contribution in [-0.2, 0) is 10.0 Å². The standard InChI is InChI=1S/C16H15NO3S/c1-13-8-10-15(11-9-13)21(19,20)17-16-7-3-2-5-14(16)6-4-12-18/h2-3,5,7-11,17-18H,12H2,1H3. The van der Waals surface area contributed by atoms with E-state index in [-0.39, 0.29) is 11.5 Å². The fraction of sp³-hybridized carbons (Fsp3) is 0.125. The predicted octanol–water partition coefficient (Wildman–Crippen LogP) is 2.14. The van der Waals surface area contributed by atoms with Gasteiger partial charge in [0.25, 0.3) is 10.0 Å². The highest BCUT2D eigenvalue weighted by Gasteiger charge is 2.15. The molecule has 0 aliphatic carbocycles. The minimum absolute atomic E-state index is 0.193. The molecule has 2 aromatic carbocycles. The lowest BCUT2D eigenvalue weighted by atomic mass is 10.2. The van der Waals surface area contributed by atoms with Crippen molar-refractivity contribution in [2.24, 2.45) is 0 Å². The first-order chi connectivity index (χ1) is 10.0. The lowest BCUT2D eigenvalue weighted by Gasteiger charge is -2.10. The minimum Gasteiger partial charge on any atom is -0.384 e. The summed E-state index contributed by atoms with van der Waals surface area (Å²) >= 11 is 0. The zero-order chi connectivity index (χ0) is 15.3. The third-order valence-corrected chi connectivity index (χ3v) is 4.19. The van der Waals surface area contributed by atoms with E-state index in [1.807, 2.05) is 6.92 Å². The Bertz CT molecular complexity index is 784. The van der Waals surface area contributed by atoms with Crippen LogP contribution < -0.4 is 4.72 Å². The summed E-state index contributed by atoms with van der Waals surface area (Å²) in [7, 11) is -3.66. The van der Waals surface area contributed by atoms with Gasteiger partial charge in [-0.15, -0.1) is 0 Å². The van der Waals surface area contributed by atoms with Gasteiger partial charge < -0.3 is 5.11 Å². The van der Waals surface area contributed by atoms with Gasteiger partial charge >= 0.3 is 0 Å². The average molecular weight is 301 g/mol. The number of rotatable bonds is 3. The lowest BCUT2D eigenvalue weighted by molar-refractivity contribution is 0.350. The van der Waals surface area contributed by atoms with Gasteiger partial charge in [0.1, 0.15) is 6.61 Å². The molecular weight excluding hydrogens is 286 g/mol. The van der Waals surface area contributed by atoms with E-state index in [1.165, 1.54) is 0 Å². The molecule has 2 aromatic rings. The van der Waals surface area contributed by atoms with E-state index in [9.17, 15) is 8.42 Å². The first-order valence-electron chi connectivity index (χ1n) is 6.31. The summed E-state index contributed by atoms with van der Waals surface area (Å²) in [5.41, 5.74) is 1.89. The Balaban J connectivity index is 2.35. The number of hydrogen-bond acceptors (Lipinski definition) is 3. The maximum Gasteiger partial charge on any atom is 0.261 e. The number of hydrogen-bond donors (Lipinski definition) is 2. The summed E-state index contributed by atoms with van der Waals surface area (Å²) in [6.45, 7) is 1.61. The Labute approximate surface area is 124 Å². The number of para-hydroxylation sites is 1. The minimum atomic E-state index is -3.66. The predicted molar refractivity (Wildman–Crippen MR) is 82.4 cm³/mol. The molecule has 2 rings (SSSR count). The van der Waals surface area contributed by atoms with Crippen molar-refractivity contribution in [3.63, 3.8) is 0 Å². The Kier molecular flexibility index (Phi) is 4.63. The number of nitrogens with one attached hydrogen (secondary N) is 1. The quantitative estimate of drug-likeness (QED) is 0.854. The average Bonchev–Trinajstić information content (AvgIpc) is 2.46. The van der Waals surface area contributed by atoms with Gasteiger partial charge in [0.2, 0.25) is 0 Å². The molecule has 0 saturated carbocycles. The zero-order valence-corrected chi connectivity index (χ0v) is 12.3. The van der Waals surface area contributed by atoms with Crippen LogP contribution in [0, 0.1) is 18.8 Å². The van der Waals surface area contributed by atoms with Crippen molar-refractivity contribution in [2.75, 3.05) is 11.3 Å². The maximum atomic E-state index is 12.3. The zero-order valence-electron chi connectivity index (χ0n) is 11.5. The number of aryl methyl sites for hydroxylation is 1. The summed E-state index contributed by atoms with van der Waals surface area (Å²) in [6, 6.07) is 13.4. The molecule has 0 radical (unpaired) electrons. The second kappa shape index (κ2) is 6.44. The topological polar surface area (TPSA) is 66.4 Å². The first-order valence-corrected chi connectivity index (χ1v) is 7.79. The number of benzene rings is 2. The lowest BCUT2D eigenvalue weighted by Crippen LogP contribution is -2.13. The van der Waals surface area contributed by atoms with Crippen LogP contribution in [0.5, 0.6) is 0 Å². The molecular formula is C16H15NO3S. The molecule has 0 fully saturated rings. The van der Waals surface area contributed by atoms with Crippen LogP contribution >= 0.6 is 0 Å². The molecule has 21 heavy (non-hydrogen) atoms. The van der Waals surface area contributed by atoms with Crippen molar-refractivity contribution < 1.29 is 13.5 Å². The van der Waals surface area contributed by atoms with Crippen molar-refractivity contribution in [1.82, 2.24) is 0 Å². The van der Waals surface area contributed by atoms with Crippen LogP contribution in [-0.4, -0.2) is 20.1 Å². The van der Waals surface area contributed by atoms with Crippen LogP contribution in [0.3, 0.4) is 0 Å². The van der Waals surface area contributed by atoms with Crippen LogP contribution in [0.4, 0.5) is 5.69 Å². The second-order valence-electron chi connectivity index (χ2n) is 4.42. The number of aliphatic hydroxyl groups is 1. The summed E-state index contributed by atoms with van der Waals surface area (Å²) in [5, 5.41) is 8.74. The molecule has 0 unspecified atom stereocenters. The van der Waals surface area contributed by atoms with Gasteiger partial charge in [-0.1, -0.05) is 41.7 Å². The first kappa shape index (κ1) is 15.1. The molecule has 0 saturated heterocycles. The van der Waals surface area contributed by atoms with E-state index < -0.39 is 10.0 Å². The van der Waals surface area contributed by atoms with Crippen LogP contribution in [0.2, 0.25) is 0 Å². The molecule has 4 nitrogen and oxygen atoms in total. The Morgan fingerprint density at radius 1 is 1.10 bits per heavy atom. The van der Waals surface area contributed by atoms with Crippen LogP contribution in [0.15, 0.2) is 53.4 Å². The van der Waals surface area contributed by atoms with Crippen molar-refractivity contribution in [1.29, 1.82) is 0 Å². The molecule has 0 aromatic heterocycles. The van der Waals surface area contributed by atoms with Crippen molar-refractivity contribution in [3.8, 4) is 11.8 Å². The van der Waals surface area contributed by atoms with Gasteiger partial charge in [-0.3, -0.25) is 4.72 Å². The van der Waals surface area contributed by atoms with Crippen LogP contribution in [0.1, 0.15) is 11.1 Å². The molecule has 0 aliphatic rings. The third kappa shape index (κ3) is 3.85. The van der Waals surface area contributed by atoms with Crippen LogP contribution in [0.25, 0.3) is 0 Å². The van der Waals surface area contributed by atoms with E-state index in [0.29, 0.717) is 11.3 Å². The fourth-order valence-corrected chi connectivity index (χ4v) is 2.82. The molecule has 0 spiro atoms. The molecule has 0 heterocycles. The van der Waals surface area contributed by atoms with E-state index in [2.05, 4.69) is 16.6 Å². The summed E-state index contributed by atoms with van der Waals surface area (Å²) in [4.78, 5) is 0.193.